The maximum absolute atomic E-state index is 12.6. The number of pyridine rings is 2. The molecule has 1 amide bonds. The Kier molecular flexibility index (Phi) is 11.5. The Morgan fingerprint density at radius 3 is 2.56 bits per heavy atom. The highest BCUT2D eigenvalue weighted by Gasteiger charge is 2.28. The van der Waals surface area contributed by atoms with E-state index >= 15 is 0 Å². The monoisotopic (exact) mass is 623 g/mol. The summed E-state index contributed by atoms with van der Waals surface area (Å²) in [5, 5.41) is 15.2. The Morgan fingerprint density at radius 2 is 1.89 bits per heavy atom. The van der Waals surface area contributed by atoms with E-state index in [4.69, 9.17) is 33.9 Å². The van der Waals surface area contributed by atoms with Crippen molar-refractivity contribution in [3.05, 3.63) is 36.3 Å². The number of nitrogens with one attached hydrogen (secondary N) is 2. The molecule has 0 aromatic carbocycles. The second-order valence-electron chi connectivity index (χ2n) is 11.8. The zero-order valence-corrected chi connectivity index (χ0v) is 26.4. The molecule has 1 saturated heterocycles. The fourth-order valence-electron chi connectivity index (χ4n) is 4.47. The number of aromatic nitrogens is 4. The van der Waals surface area contributed by atoms with E-state index in [1.54, 1.807) is 43.8 Å². The van der Waals surface area contributed by atoms with E-state index in [2.05, 4.69) is 26.7 Å². The molecule has 1 atom stereocenters. The molecule has 0 bridgehead atoms. The van der Waals surface area contributed by atoms with Gasteiger partial charge in [0.25, 0.3) is 0 Å². The number of hydrogen-bond acceptors (Lipinski definition) is 12. The summed E-state index contributed by atoms with van der Waals surface area (Å²) in [6.45, 7) is 10.8. The van der Waals surface area contributed by atoms with Crippen LogP contribution in [0.25, 0.3) is 17.0 Å². The highest BCUT2D eigenvalue weighted by Crippen LogP contribution is 2.29. The van der Waals surface area contributed by atoms with Gasteiger partial charge in [0.15, 0.2) is 17.2 Å². The summed E-state index contributed by atoms with van der Waals surface area (Å²) in [6, 6.07) is 6.64. The standard InChI is InChI=1S/C31H41N7O7/c1-20(2)26(36-30(40)45-31(3,4)5)29(39)44-15-13-42-12-14-43-24-16-23-28(37-27(24)35-22-8-10-41-11-9-22)38(19-34-23)25-7-6-21(17-32)18-33-25/h6-7,16,18-20,22,26H,8-15H2,1-5H3,(H,35,37)(H,36,40). The molecule has 14 nitrogen and oxygen atoms in total. The van der Waals surface area contributed by atoms with Gasteiger partial charge < -0.3 is 34.3 Å². The number of rotatable bonds is 13. The molecule has 0 saturated carbocycles. The van der Waals surface area contributed by atoms with Gasteiger partial charge in [-0.05, 0) is 51.7 Å². The van der Waals surface area contributed by atoms with Gasteiger partial charge >= 0.3 is 12.1 Å². The van der Waals surface area contributed by atoms with E-state index < -0.39 is 23.7 Å². The summed E-state index contributed by atoms with van der Waals surface area (Å²) in [5.41, 5.74) is 0.985. The third kappa shape index (κ3) is 9.75. The van der Waals surface area contributed by atoms with Gasteiger partial charge in [-0.1, -0.05) is 13.8 Å². The Hall–Kier alpha value is -4.48. The van der Waals surface area contributed by atoms with Crippen molar-refractivity contribution in [3.8, 4) is 17.6 Å². The summed E-state index contributed by atoms with van der Waals surface area (Å²) in [5.74, 6) is 0.922. The number of amides is 1. The van der Waals surface area contributed by atoms with Crippen LogP contribution in [-0.2, 0) is 23.7 Å². The van der Waals surface area contributed by atoms with Crippen LogP contribution >= 0.6 is 0 Å². The second kappa shape index (κ2) is 15.5. The van der Waals surface area contributed by atoms with Crippen molar-refractivity contribution in [3.63, 3.8) is 0 Å². The van der Waals surface area contributed by atoms with Gasteiger partial charge in [-0.15, -0.1) is 0 Å². The van der Waals surface area contributed by atoms with Gasteiger partial charge in [-0.2, -0.15) is 5.26 Å². The number of hydrogen-bond donors (Lipinski definition) is 2. The molecule has 0 aliphatic carbocycles. The third-order valence-corrected chi connectivity index (χ3v) is 6.72. The normalized spacial score (nSPS) is 14.5. The zero-order chi connectivity index (χ0) is 32.4. The van der Waals surface area contributed by atoms with Crippen LogP contribution in [0.4, 0.5) is 10.6 Å². The van der Waals surface area contributed by atoms with Crippen molar-refractivity contribution < 1.29 is 33.3 Å². The van der Waals surface area contributed by atoms with E-state index in [-0.39, 0.29) is 38.4 Å². The first kappa shape index (κ1) is 33.4. The van der Waals surface area contributed by atoms with E-state index in [9.17, 15) is 9.59 Å². The summed E-state index contributed by atoms with van der Waals surface area (Å²) >= 11 is 0. The Labute approximate surface area is 262 Å². The maximum Gasteiger partial charge on any atom is 0.408 e. The van der Waals surface area contributed by atoms with Crippen LogP contribution in [0.1, 0.15) is 53.0 Å². The summed E-state index contributed by atoms with van der Waals surface area (Å²) < 4.78 is 29.5. The quantitative estimate of drug-likeness (QED) is 0.209. The molecule has 0 spiro atoms. The largest absolute Gasteiger partial charge is 0.487 e. The molecule has 4 rings (SSSR count). The fraction of sp³-hybridized carbons (Fsp3) is 0.548. The second-order valence-corrected chi connectivity index (χ2v) is 11.8. The molecule has 1 unspecified atom stereocenters. The van der Waals surface area contributed by atoms with Crippen LogP contribution in [0.5, 0.6) is 5.75 Å². The number of carbonyl (C=O) groups excluding carboxylic acids is 2. The molecule has 1 fully saturated rings. The lowest BCUT2D eigenvalue weighted by atomic mass is 10.1. The summed E-state index contributed by atoms with van der Waals surface area (Å²) in [6.07, 6.45) is 4.13. The molecule has 4 heterocycles. The van der Waals surface area contributed by atoms with E-state index in [1.165, 1.54) is 6.20 Å². The average Bonchev–Trinajstić information content (AvgIpc) is 3.41. The molecule has 45 heavy (non-hydrogen) atoms. The molecule has 14 heteroatoms. The van der Waals surface area contributed by atoms with Gasteiger partial charge in [0.1, 0.15) is 48.6 Å². The molecule has 242 valence electrons. The smallest absolute Gasteiger partial charge is 0.408 e. The van der Waals surface area contributed by atoms with Gasteiger partial charge in [-0.3, -0.25) is 4.57 Å². The minimum Gasteiger partial charge on any atom is -0.487 e. The van der Waals surface area contributed by atoms with Crippen LogP contribution in [0, 0.1) is 17.2 Å². The number of ether oxygens (including phenoxy) is 5. The van der Waals surface area contributed by atoms with Crippen LogP contribution < -0.4 is 15.4 Å². The average molecular weight is 624 g/mol. The number of alkyl carbamates (subject to hydrolysis) is 1. The number of anilines is 1. The lowest BCUT2D eigenvalue weighted by Crippen LogP contribution is -2.47. The highest BCUT2D eigenvalue weighted by molar-refractivity contribution is 5.81. The number of esters is 1. The number of nitrogens with zero attached hydrogens (tertiary/aromatic N) is 5. The first-order valence-electron chi connectivity index (χ1n) is 15.0. The minimum atomic E-state index is -0.844. The first-order chi connectivity index (χ1) is 21.5. The number of imidazole rings is 1. The molecule has 3 aromatic rings. The SMILES string of the molecule is CC(C)C(NC(=O)OC(C)(C)C)C(=O)OCCOCCOc1cc2ncn(-c3ccc(C#N)cn3)c2nc1NC1CCOCC1. The predicted octanol–water partition coefficient (Wildman–Crippen LogP) is 3.77. The van der Waals surface area contributed by atoms with E-state index in [0.29, 0.717) is 47.3 Å². The topological polar surface area (TPSA) is 172 Å². The molecule has 2 N–H and O–H groups in total. The lowest BCUT2D eigenvalue weighted by molar-refractivity contribution is -0.149. The number of nitriles is 1. The van der Waals surface area contributed by atoms with Gasteiger partial charge in [0.2, 0.25) is 0 Å². The predicted molar refractivity (Wildman–Crippen MR) is 164 cm³/mol. The van der Waals surface area contributed by atoms with Crippen molar-refractivity contribution >= 4 is 29.0 Å². The minimum absolute atomic E-state index is 0.0168. The highest BCUT2D eigenvalue weighted by atomic mass is 16.6. The Balaban J connectivity index is 1.32. The Morgan fingerprint density at radius 1 is 1.13 bits per heavy atom. The fourth-order valence-corrected chi connectivity index (χ4v) is 4.47. The van der Waals surface area contributed by atoms with E-state index in [0.717, 1.165) is 12.8 Å². The van der Waals surface area contributed by atoms with Gasteiger partial charge in [-0.25, -0.2) is 24.5 Å². The lowest BCUT2D eigenvalue weighted by Gasteiger charge is -2.24. The molecule has 1 aliphatic heterocycles. The molecule has 1 aliphatic rings. The first-order valence-corrected chi connectivity index (χ1v) is 15.0. The molecule has 3 aromatic heterocycles. The number of fused-ring (bicyclic) bond motifs is 1. The van der Waals surface area contributed by atoms with Crippen LogP contribution in [-0.4, -0.2) is 88.9 Å². The van der Waals surface area contributed by atoms with Gasteiger partial charge in [0.05, 0.1) is 18.8 Å². The van der Waals surface area contributed by atoms with Crippen molar-refractivity contribution in [1.82, 2.24) is 24.8 Å². The van der Waals surface area contributed by atoms with Crippen LogP contribution in [0.15, 0.2) is 30.7 Å². The molecule has 0 radical (unpaired) electrons. The molecular formula is C31H41N7O7. The third-order valence-electron chi connectivity index (χ3n) is 6.72. The Bertz CT molecular complexity index is 1470. The van der Waals surface area contributed by atoms with E-state index in [1.807, 2.05) is 19.9 Å². The van der Waals surface area contributed by atoms with Crippen molar-refractivity contribution in [2.24, 2.45) is 5.92 Å². The summed E-state index contributed by atoms with van der Waals surface area (Å²) in [4.78, 5) is 38.4. The van der Waals surface area contributed by atoms with Crippen molar-refractivity contribution in [2.45, 2.75) is 65.1 Å². The molecular weight excluding hydrogens is 582 g/mol. The number of carbonyl (C=O) groups is 2. The maximum atomic E-state index is 12.6. The summed E-state index contributed by atoms with van der Waals surface area (Å²) in [7, 11) is 0. The van der Waals surface area contributed by atoms with Crippen molar-refractivity contribution in [1.29, 1.82) is 5.26 Å². The van der Waals surface area contributed by atoms with Crippen LogP contribution in [0.2, 0.25) is 0 Å². The van der Waals surface area contributed by atoms with Gasteiger partial charge in [0, 0.05) is 31.5 Å². The van der Waals surface area contributed by atoms with Crippen molar-refractivity contribution in [2.75, 3.05) is 45.0 Å². The van der Waals surface area contributed by atoms with Crippen LogP contribution in [0.3, 0.4) is 0 Å². The zero-order valence-electron chi connectivity index (χ0n) is 26.4.